The van der Waals surface area contributed by atoms with Crippen LogP contribution < -0.4 is 5.32 Å². The fourth-order valence-corrected chi connectivity index (χ4v) is 2.78. The molecule has 0 aliphatic heterocycles. The van der Waals surface area contributed by atoms with Crippen molar-refractivity contribution < 1.29 is 4.74 Å². The van der Waals surface area contributed by atoms with E-state index in [9.17, 15) is 0 Å². The van der Waals surface area contributed by atoms with E-state index in [0.717, 1.165) is 5.69 Å². The number of rotatable bonds is 6. The van der Waals surface area contributed by atoms with Crippen LogP contribution in [0.15, 0.2) is 6.20 Å². The molecule has 4 nitrogen and oxygen atoms in total. The zero-order valence-corrected chi connectivity index (χ0v) is 12.2. The number of methoxy groups -OCH3 is 1. The standard InChI is InChI=1S/C13H22ClN3O/c1-8(2)17-12(10(14)7-16-17)11(15-3)13(18-4)9-5-6-9/h7-9,11,13,15H,5-6H2,1-4H3. The second-order valence-corrected chi connectivity index (χ2v) is 5.63. The number of halogens is 1. The second-order valence-electron chi connectivity index (χ2n) is 5.22. The molecule has 1 N–H and O–H groups in total. The van der Waals surface area contributed by atoms with Gasteiger partial charge in [0, 0.05) is 13.2 Å². The average molecular weight is 272 g/mol. The Hall–Kier alpha value is -0.580. The Morgan fingerprint density at radius 2 is 2.17 bits per heavy atom. The first-order valence-corrected chi connectivity index (χ1v) is 6.90. The highest BCUT2D eigenvalue weighted by Crippen LogP contribution is 2.41. The molecule has 102 valence electrons. The molecule has 5 heteroatoms. The summed E-state index contributed by atoms with van der Waals surface area (Å²) in [5.41, 5.74) is 1.04. The number of nitrogens with zero attached hydrogens (tertiary/aromatic N) is 2. The van der Waals surface area contributed by atoms with Gasteiger partial charge in [-0.1, -0.05) is 11.6 Å². The first-order chi connectivity index (χ1) is 8.60. The lowest BCUT2D eigenvalue weighted by Gasteiger charge is -2.27. The van der Waals surface area contributed by atoms with Gasteiger partial charge >= 0.3 is 0 Å². The van der Waals surface area contributed by atoms with E-state index in [4.69, 9.17) is 16.3 Å². The van der Waals surface area contributed by atoms with Gasteiger partial charge in [-0.25, -0.2) is 0 Å². The molecule has 0 bridgehead atoms. The zero-order valence-electron chi connectivity index (χ0n) is 11.5. The largest absolute Gasteiger partial charge is 0.379 e. The van der Waals surface area contributed by atoms with Gasteiger partial charge in [-0.05, 0) is 39.7 Å². The number of likely N-dealkylation sites (N-methyl/N-ethyl adjacent to an activating group) is 1. The van der Waals surface area contributed by atoms with E-state index in [2.05, 4.69) is 24.3 Å². The van der Waals surface area contributed by atoms with Crippen molar-refractivity contribution in [3.8, 4) is 0 Å². The van der Waals surface area contributed by atoms with Crippen LogP contribution in [-0.4, -0.2) is 30.0 Å². The molecule has 2 atom stereocenters. The highest BCUT2D eigenvalue weighted by atomic mass is 35.5. The van der Waals surface area contributed by atoms with E-state index in [1.165, 1.54) is 12.8 Å². The van der Waals surface area contributed by atoms with Gasteiger partial charge in [-0.3, -0.25) is 4.68 Å². The van der Waals surface area contributed by atoms with Crippen LogP contribution in [0.3, 0.4) is 0 Å². The van der Waals surface area contributed by atoms with E-state index in [1.807, 2.05) is 11.7 Å². The Bertz CT molecular complexity index is 401. The minimum Gasteiger partial charge on any atom is -0.379 e. The number of hydrogen-bond acceptors (Lipinski definition) is 3. The van der Waals surface area contributed by atoms with Gasteiger partial charge in [0.05, 0.1) is 29.1 Å². The minimum atomic E-state index is 0.0971. The molecule has 1 heterocycles. The minimum absolute atomic E-state index is 0.0971. The summed E-state index contributed by atoms with van der Waals surface area (Å²) in [5.74, 6) is 0.638. The first kappa shape index (κ1) is 13.8. The molecular weight excluding hydrogens is 250 g/mol. The molecule has 0 radical (unpaired) electrons. The van der Waals surface area contributed by atoms with Crippen LogP contribution in [0, 0.1) is 5.92 Å². The van der Waals surface area contributed by atoms with Crippen molar-refractivity contribution in [2.75, 3.05) is 14.2 Å². The lowest BCUT2D eigenvalue weighted by atomic mass is 10.0. The fourth-order valence-electron chi connectivity index (χ4n) is 2.54. The molecule has 0 spiro atoms. The molecule has 0 aromatic carbocycles. The maximum absolute atomic E-state index is 6.31. The quantitative estimate of drug-likeness (QED) is 0.865. The molecule has 1 aromatic heterocycles. The third kappa shape index (κ3) is 2.56. The van der Waals surface area contributed by atoms with E-state index >= 15 is 0 Å². The molecule has 2 unspecified atom stereocenters. The van der Waals surface area contributed by atoms with Crippen molar-refractivity contribution in [3.05, 3.63) is 16.9 Å². The molecule has 1 aliphatic rings. The summed E-state index contributed by atoms with van der Waals surface area (Å²) < 4.78 is 7.66. The highest BCUT2D eigenvalue weighted by molar-refractivity contribution is 6.31. The summed E-state index contributed by atoms with van der Waals surface area (Å²) in [6.07, 6.45) is 4.37. The topological polar surface area (TPSA) is 39.1 Å². The Labute approximate surface area is 114 Å². The summed E-state index contributed by atoms with van der Waals surface area (Å²) in [7, 11) is 3.73. The van der Waals surface area contributed by atoms with Gasteiger partial charge in [-0.2, -0.15) is 5.10 Å². The normalized spacial score (nSPS) is 19.2. The SMILES string of the molecule is CNC(c1c(Cl)cnn1C(C)C)C(OC)C1CC1. The Kier molecular flexibility index (Phi) is 4.30. The van der Waals surface area contributed by atoms with Gasteiger partial charge in [0.1, 0.15) is 0 Å². The van der Waals surface area contributed by atoms with Crippen LogP contribution in [0.1, 0.15) is 44.5 Å². The van der Waals surface area contributed by atoms with E-state index < -0.39 is 0 Å². The number of hydrogen-bond donors (Lipinski definition) is 1. The van der Waals surface area contributed by atoms with Crippen LogP contribution in [0.2, 0.25) is 5.02 Å². The molecule has 2 rings (SSSR count). The second kappa shape index (κ2) is 5.59. The molecule has 1 aliphatic carbocycles. The fraction of sp³-hybridized carbons (Fsp3) is 0.769. The van der Waals surface area contributed by atoms with Gasteiger partial charge in [0.15, 0.2) is 0 Å². The van der Waals surface area contributed by atoms with Crippen LogP contribution in [-0.2, 0) is 4.74 Å². The summed E-state index contributed by atoms with van der Waals surface area (Å²) >= 11 is 6.31. The van der Waals surface area contributed by atoms with E-state index in [1.54, 1.807) is 13.3 Å². The first-order valence-electron chi connectivity index (χ1n) is 6.53. The van der Waals surface area contributed by atoms with Gasteiger partial charge in [0.2, 0.25) is 0 Å². The molecule has 1 saturated carbocycles. The summed E-state index contributed by atoms with van der Waals surface area (Å²) in [5, 5.41) is 8.43. The van der Waals surface area contributed by atoms with Crippen molar-refractivity contribution >= 4 is 11.6 Å². The van der Waals surface area contributed by atoms with Crippen LogP contribution >= 0.6 is 11.6 Å². The van der Waals surface area contributed by atoms with Gasteiger partial charge < -0.3 is 10.1 Å². The summed E-state index contributed by atoms with van der Waals surface area (Å²) in [6.45, 7) is 4.22. The van der Waals surface area contributed by atoms with E-state index in [-0.39, 0.29) is 12.1 Å². The number of ether oxygens (including phenoxy) is 1. The number of aromatic nitrogens is 2. The predicted molar refractivity (Wildman–Crippen MR) is 72.9 cm³/mol. The lowest BCUT2D eigenvalue weighted by molar-refractivity contribution is 0.0500. The Morgan fingerprint density at radius 1 is 1.50 bits per heavy atom. The smallest absolute Gasteiger partial charge is 0.0835 e. The predicted octanol–water partition coefficient (Wildman–Crippen LogP) is 2.80. The summed E-state index contributed by atoms with van der Waals surface area (Å²) in [6, 6.07) is 0.389. The Morgan fingerprint density at radius 3 is 2.61 bits per heavy atom. The molecule has 1 aromatic rings. The molecule has 1 fully saturated rings. The van der Waals surface area contributed by atoms with Crippen molar-refractivity contribution in [1.82, 2.24) is 15.1 Å². The number of nitrogens with one attached hydrogen (secondary N) is 1. The van der Waals surface area contributed by atoms with E-state index in [0.29, 0.717) is 17.0 Å². The van der Waals surface area contributed by atoms with Crippen LogP contribution in [0.5, 0.6) is 0 Å². The van der Waals surface area contributed by atoms with Crippen molar-refractivity contribution in [3.63, 3.8) is 0 Å². The van der Waals surface area contributed by atoms with Crippen molar-refractivity contribution in [2.24, 2.45) is 5.92 Å². The molecule has 0 saturated heterocycles. The highest BCUT2D eigenvalue weighted by Gasteiger charge is 2.39. The maximum atomic E-state index is 6.31. The third-order valence-corrected chi connectivity index (χ3v) is 3.86. The molecule has 0 amide bonds. The maximum Gasteiger partial charge on any atom is 0.0835 e. The van der Waals surface area contributed by atoms with Gasteiger partial charge in [-0.15, -0.1) is 0 Å². The monoisotopic (exact) mass is 271 g/mol. The molecule has 18 heavy (non-hydrogen) atoms. The average Bonchev–Trinajstić information content (AvgIpc) is 3.09. The Balaban J connectivity index is 2.33. The van der Waals surface area contributed by atoms with Crippen LogP contribution in [0.25, 0.3) is 0 Å². The lowest BCUT2D eigenvalue weighted by Crippen LogP contribution is -2.34. The van der Waals surface area contributed by atoms with Crippen molar-refractivity contribution in [1.29, 1.82) is 0 Å². The third-order valence-electron chi connectivity index (χ3n) is 3.57. The van der Waals surface area contributed by atoms with Gasteiger partial charge in [0.25, 0.3) is 0 Å². The van der Waals surface area contributed by atoms with Crippen LogP contribution in [0.4, 0.5) is 0 Å². The zero-order chi connectivity index (χ0) is 13.3. The van der Waals surface area contributed by atoms with Crippen molar-refractivity contribution in [2.45, 2.75) is 44.9 Å². The molecular formula is C13H22ClN3O. The summed E-state index contributed by atoms with van der Waals surface area (Å²) in [4.78, 5) is 0.